The largest absolute Gasteiger partial charge is 0.480 e. The van der Waals surface area contributed by atoms with Crippen molar-refractivity contribution in [2.45, 2.75) is 31.0 Å². The van der Waals surface area contributed by atoms with Gasteiger partial charge in [0.1, 0.15) is 12.1 Å². The maximum atomic E-state index is 12.6. The zero-order valence-corrected chi connectivity index (χ0v) is 16.3. The SMILES string of the molecule is CSCCC(NC(=O)C(Cc1ccccc1)NC(=O)C(N)CS)C(=O)O. The molecule has 0 aliphatic carbocycles. The van der Waals surface area contributed by atoms with Crippen LogP contribution in [-0.4, -0.2) is 58.8 Å². The molecule has 0 spiro atoms. The highest BCUT2D eigenvalue weighted by Crippen LogP contribution is 2.06. The second-order valence-corrected chi connectivity index (χ2v) is 7.07. The van der Waals surface area contributed by atoms with E-state index in [0.717, 1.165) is 5.56 Å². The number of hydrogen-bond donors (Lipinski definition) is 5. The molecule has 3 atom stereocenters. The molecule has 26 heavy (non-hydrogen) atoms. The zero-order chi connectivity index (χ0) is 19.5. The maximum absolute atomic E-state index is 12.6. The van der Waals surface area contributed by atoms with Crippen molar-refractivity contribution < 1.29 is 19.5 Å². The average molecular weight is 400 g/mol. The topological polar surface area (TPSA) is 122 Å². The molecule has 0 aromatic heterocycles. The molecule has 5 N–H and O–H groups in total. The van der Waals surface area contributed by atoms with Gasteiger partial charge in [0.2, 0.25) is 11.8 Å². The molecule has 7 nitrogen and oxygen atoms in total. The molecule has 0 bridgehead atoms. The number of aliphatic carboxylic acids is 1. The summed E-state index contributed by atoms with van der Waals surface area (Å²) in [5.74, 6) is -1.44. The number of rotatable bonds is 11. The Morgan fingerprint density at radius 1 is 1.15 bits per heavy atom. The number of benzene rings is 1. The third-order valence-corrected chi connectivity index (χ3v) is 4.71. The van der Waals surface area contributed by atoms with E-state index in [-0.39, 0.29) is 12.2 Å². The number of nitrogens with two attached hydrogens (primary N) is 1. The molecular formula is C17H25N3O4S2. The van der Waals surface area contributed by atoms with Gasteiger partial charge in [0.25, 0.3) is 0 Å². The Hall–Kier alpha value is -1.71. The molecule has 0 saturated heterocycles. The molecule has 9 heteroatoms. The second kappa shape index (κ2) is 11.8. The van der Waals surface area contributed by atoms with Crippen molar-refractivity contribution >= 4 is 42.2 Å². The lowest BCUT2D eigenvalue weighted by Crippen LogP contribution is -2.55. The van der Waals surface area contributed by atoms with E-state index in [1.54, 1.807) is 0 Å². The fraction of sp³-hybridized carbons (Fsp3) is 0.471. The van der Waals surface area contributed by atoms with Gasteiger partial charge in [0, 0.05) is 12.2 Å². The van der Waals surface area contributed by atoms with Gasteiger partial charge in [-0.3, -0.25) is 9.59 Å². The number of carbonyl (C=O) groups excluding carboxylic acids is 2. The number of carboxylic acids is 1. The first-order chi connectivity index (χ1) is 12.4. The lowest BCUT2D eigenvalue weighted by Gasteiger charge is -2.22. The number of hydrogen-bond acceptors (Lipinski definition) is 6. The number of thioether (sulfide) groups is 1. The summed E-state index contributed by atoms with van der Waals surface area (Å²) < 4.78 is 0. The van der Waals surface area contributed by atoms with Crippen LogP contribution in [0.4, 0.5) is 0 Å². The molecule has 0 radical (unpaired) electrons. The van der Waals surface area contributed by atoms with Gasteiger partial charge in [-0.15, -0.1) is 0 Å². The fourth-order valence-corrected chi connectivity index (χ4v) is 2.82. The Morgan fingerprint density at radius 3 is 2.31 bits per heavy atom. The van der Waals surface area contributed by atoms with Crippen LogP contribution in [0.3, 0.4) is 0 Å². The standard InChI is InChI=1S/C17H25N3O4S2/c1-26-8-7-13(17(23)24)19-16(22)14(20-15(21)12(18)10-25)9-11-5-3-2-4-6-11/h2-6,12-14,25H,7-10,18H2,1H3,(H,19,22)(H,20,21)(H,23,24). The van der Waals surface area contributed by atoms with Crippen LogP contribution < -0.4 is 16.4 Å². The second-order valence-electron chi connectivity index (χ2n) is 5.72. The number of nitrogens with one attached hydrogen (secondary N) is 2. The van der Waals surface area contributed by atoms with Crippen LogP contribution >= 0.6 is 24.4 Å². The van der Waals surface area contributed by atoms with Gasteiger partial charge in [-0.05, 0) is 24.0 Å². The van der Waals surface area contributed by atoms with Gasteiger partial charge in [-0.25, -0.2) is 4.79 Å². The highest BCUT2D eigenvalue weighted by molar-refractivity contribution is 7.98. The normalized spacial score (nSPS) is 14.1. The quantitative estimate of drug-likeness (QED) is 0.341. The Labute approximate surface area is 162 Å². The fourth-order valence-electron chi connectivity index (χ4n) is 2.19. The summed E-state index contributed by atoms with van der Waals surface area (Å²) in [7, 11) is 0. The summed E-state index contributed by atoms with van der Waals surface area (Å²) in [5.41, 5.74) is 6.49. The molecule has 1 aromatic rings. The van der Waals surface area contributed by atoms with Crippen LogP contribution in [0.1, 0.15) is 12.0 Å². The molecule has 0 aliphatic rings. The Bertz CT molecular complexity index is 601. The molecule has 0 aliphatic heterocycles. The van der Waals surface area contributed by atoms with Gasteiger partial charge < -0.3 is 21.5 Å². The lowest BCUT2D eigenvalue weighted by molar-refractivity contribution is -0.142. The van der Waals surface area contributed by atoms with Crippen LogP contribution in [0, 0.1) is 0 Å². The molecule has 1 rings (SSSR count). The maximum Gasteiger partial charge on any atom is 0.326 e. The van der Waals surface area contributed by atoms with E-state index in [0.29, 0.717) is 12.2 Å². The van der Waals surface area contributed by atoms with Crippen molar-refractivity contribution in [3.05, 3.63) is 35.9 Å². The first kappa shape index (κ1) is 22.3. The van der Waals surface area contributed by atoms with E-state index in [1.165, 1.54) is 11.8 Å². The predicted molar refractivity (Wildman–Crippen MR) is 106 cm³/mol. The summed E-state index contributed by atoms with van der Waals surface area (Å²) in [6.45, 7) is 0. The average Bonchev–Trinajstić information content (AvgIpc) is 2.64. The first-order valence-corrected chi connectivity index (χ1v) is 10.1. The van der Waals surface area contributed by atoms with Crippen molar-refractivity contribution in [3.8, 4) is 0 Å². The third-order valence-electron chi connectivity index (χ3n) is 3.67. The minimum atomic E-state index is -1.11. The van der Waals surface area contributed by atoms with Crippen LogP contribution in [0.15, 0.2) is 30.3 Å². The van der Waals surface area contributed by atoms with Crippen molar-refractivity contribution in [1.29, 1.82) is 0 Å². The summed E-state index contributed by atoms with van der Waals surface area (Å²) in [6.07, 6.45) is 2.38. The summed E-state index contributed by atoms with van der Waals surface area (Å²) in [6, 6.07) is 6.36. The molecular weight excluding hydrogens is 374 g/mol. The Morgan fingerprint density at radius 2 is 1.77 bits per heavy atom. The van der Waals surface area contributed by atoms with E-state index in [1.807, 2.05) is 36.6 Å². The first-order valence-electron chi connectivity index (χ1n) is 8.11. The number of thiol groups is 1. The van der Waals surface area contributed by atoms with E-state index in [9.17, 15) is 19.5 Å². The van der Waals surface area contributed by atoms with Gasteiger partial charge in [-0.2, -0.15) is 24.4 Å². The van der Waals surface area contributed by atoms with E-state index in [2.05, 4.69) is 23.3 Å². The zero-order valence-electron chi connectivity index (χ0n) is 14.6. The summed E-state index contributed by atoms with van der Waals surface area (Å²) >= 11 is 5.48. The summed E-state index contributed by atoms with van der Waals surface area (Å²) in [5, 5.41) is 14.4. The van der Waals surface area contributed by atoms with Crippen molar-refractivity contribution in [3.63, 3.8) is 0 Å². The van der Waals surface area contributed by atoms with Crippen molar-refractivity contribution in [2.75, 3.05) is 17.8 Å². The number of carbonyl (C=O) groups is 3. The molecule has 0 fully saturated rings. The number of amides is 2. The predicted octanol–water partition coefficient (Wildman–Crippen LogP) is 0.294. The van der Waals surface area contributed by atoms with E-state index < -0.39 is 35.9 Å². The van der Waals surface area contributed by atoms with Gasteiger partial charge in [0.05, 0.1) is 6.04 Å². The highest BCUT2D eigenvalue weighted by atomic mass is 32.2. The molecule has 0 saturated carbocycles. The molecule has 2 amide bonds. The number of carboxylic acid groups (broad SMARTS) is 1. The molecule has 1 aromatic carbocycles. The van der Waals surface area contributed by atoms with Crippen LogP contribution in [0.5, 0.6) is 0 Å². The third kappa shape index (κ3) is 7.67. The molecule has 144 valence electrons. The van der Waals surface area contributed by atoms with Gasteiger partial charge in [-0.1, -0.05) is 30.3 Å². The van der Waals surface area contributed by atoms with Crippen LogP contribution in [-0.2, 0) is 20.8 Å². The lowest BCUT2D eigenvalue weighted by atomic mass is 10.0. The van der Waals surface area contributed by atoms with E-state index in [4.69, 9.17) is 5.73 Å². The van der Waals surface area contributed by atoms with Crippen LogP contribution in [0.25, 0.3) is 0 Å². The Balaban J connectivity index is 2.88. The minimum Gasteiger partial charge on any atom is -0.480 e. The van der Waals surface area contributed by atoms with Crippen molar-refractivity contribution in [2.24, 2.45) is 5.73 Å². The Kier molecular flexibility index (Phi) is 10.2. The van der Waals surface area contributed by atoms with Gasteiger partial charge in [0.15, 0.2) is 0 Å². The smallest absolute Gasteiger partial charge is 0.326 e. The minimum absolute atomic E-state index is 0.136. The molecule has 3 unspecified atom stereocenters. The van der Waals surface area contributed by atoms with Crippen LogP contribution in [0.2, 0.25) is 0 Å². The van der Waals surface area contributed by atoms with Crippen molar-refractivity contribution in [1.82, 2.24) is 10.6 Å². The van der Waals surface area contributed by atoms with E-state index >= 15 is 0 Å². The highest BCUT2D eigenvalue weighted by Gasteiger charge is 2.27. The summed E-state index contributed by atoms with van der Waals surface area (Å²) in [4.78, 5) is 36.1. The monoisotopic (exact) mass is 399 g/mol. The molecule has 0 heterocycles. The van der Waals surface area contributed by atoms with Gasteiger partial charge >= 0.3 is 5.97 Å².